The Morgan fingerprint density at radius 2 is 1.90 bits per heavy atom. The molecule has 0 aliphatic carbocycles. The van der Waals surface area contributed by atoms with Crippen LogP contribution in [0.15, 0.2) is 30.3 Å². The second kappa shape index (κ2) is 8.03. The van der Waals surface area contributed by atoms with Crippen LogP contribution in [0.25, 0.3) is 11.1 Å². The number of carbonyl (C=O) groups is 2. The van der Waals surface area contributed by atoms with E-state index in [1.807, 2.05) is 0 Å². The molecular formula is C22H24O7. The van der Waals surface area contributed by atoms with Gasteiger partial charge in [-0.2, -0.15) is 0 Å². The molecule has 154 valence electrons. The van der Waals surface area contributed by atoms with Gasteiger partial charge in [-0.05, 0) is 43.7 Å². The minimum atomic E-state index is -1.76. The zero-order valence-electron chi connectivity index (χ0n) is 20.3. The Kier molecular flexibility index (Phi) is 4.34. The van der Waals surface area contributed by atoms with E-state index in [1.54, 1.807) is 38.1 Å². The molecule has 29 heavy (non-hydrogen) atoms. The number of rotatable bonds is 7. The van der Waals surface area contributed by atoms with Crippen LogP contribution in [-0.4, -0.2) is 39.8 Å². The lowest BCUT2D eigenvalue weighted by molar-refractivity contribution is -0.152. The fraction of sp³-hybridized carbons (Fsp3) is 0.364. The second-order valence-corrected chi connectivity index (χ2v) is 7.12. The number of cyclic esters (lactones) is 1. The molecule has 0 saturated carbocycles. The van der Waals surface area contributed by atoms with Crippen molar-refractivity contribution >= 4 is 11.9 Å². The zero-order valence-corrected chi connectivity index (χ0v) is 16.3. The van der Waals surface area contributed by atoms with Gasteiger partial charge in [0.15, 0.2) is 11.5 Å². The van der Waals surface area contributed by atoms with Gasteiger partial charge in [0.25, 0.3) is 0 Å². The minimum absolute atomic E-state index is 0.0554. The lowest BCUT2D eigenvalue weighted by Gasteiger charge is -2.24. The van der Waals surface area contributed by atoms with E-state index in [9.17, 15) is 9.59 Å². The first-order valence-electron chi connectivity index (χ1n) is 11.1. The zero-order chi connectivity index (χ0) is 24.3. The van der Waals surface area contributed by atoms with E-state index < -0.39 is 31.5 Å². The quantitative estimate of drug-likeness (QED) is 0.652. The highest BCUT2D eigenvalue weighted by atomic mass is 16.5. The molecule has 0 radical (unpaired) electrons. The monoisotopic (exact) mass is 404 g/mol. The van der Waals surface area contributed by atoms with Crippen LogP contribution in [0.4, 0.5) is 0 Å². The molecule has 1 heterocycles. The maximum atomic E-state index is 12.1. The molecule has 0 bridgehead atoms. The van der Waals surface area contributed by atoms with Crippen LogP contribution in [0.5, 0.6) is 17.2 Å². The van der Waals surface area contributed by atoms with Crippen LogP contribution in [0.2, 0.25) is 0 Å². The summed E-state index contributed by atoms with van der Waals surface area (Å²) in [6, 6.07) is 8.09. The average Bonchev–Trinajstić information content (AvgIpc) is 3.12. The molecule has 3 rings (SSSR count). The fourth-order valence-corrected chi connectivity index (χ4v) is 3.01. The van der Waals surface area contributed by atoms with Gasteiger partial charge in [0.1, 0.15) is 13.2 Å². The molecule has 0 aromatic heterocycles. The third-order valence-electron chi connectivity index (χ3n) is 4.63. The van der Waals surface area contributed by atoms with Gasteiger partial charge in [-0.1, -0.05) is 6.07 Å². The molecular weight excluding hydrogens is 376 g/mol. The van der Waals surface area contributed by atoms with Gasteiger partial charge in [0.05, 0.1) is 37.7 Å². The van der Waals surface area contributed by atoms with Gasteiger partial charge in [0, 0.05) is 11.1 Å². The minimum Gasteiger partial charge on any atom is -0.493 e. The first-order valence-corrected chi connectivity index (χ1v) is 8.74. The number of ether oxygens (including phenoxy) is 5. The molecule has 0 saturated heterocycles. The first kappa shape index (κ1) is 15.7. The van der Waals surface area contributed by atoms with E-state index in [4.69, 9.17) is 29.2 Å². The summed E-state index contributed by atoms with van der Waals surface area (Å²) in [6.07, 6.45) is 0. The number of carbonyl (C=O) groups excluding carboxylic acids is 2. The molecule has 1 aliphatic rings. The molecule has 1 aliphatic heterocycles. The summed E-state index contributed by atoms with van der Waals surface area (Å²) in [5.41, 5.74) is 1.17. The van der Waals surface area contributed by atoms with Crippen molar-refractivity contribution in [2.75, 3.05) is 27.8 Å². The Balaban J connectivity index is 2.13. The van der Waals surface area contributed by atoms with E-state index >= 15 is 0 Å². The number of hydrogen-bond donors (Lipinski definition) is 0. The van der Waals surface area contributed by atoms with Crippen LogP contribution >= 0.6 is 0 Å². The van der Waals surface area contributed by atoms with Crippen molar-refractivity contribution in [3.63, 3.8) is 0 Å². The third kappa shape index (κ3) is 3.85. The summed E-state index contributed by atoms with van der Waals surface area (Å²) in [7, 11) is -2.20. The molecule has 7 heteroatoms. The second-order valence-electron chi connectivity index (χ2n) is 7.12. The van der Waals surface area contributed by atoms with Crippen molar-refractivity contribution in [1.82, 2.24) is 0 Å². The van der Waals surface area contributed by atoms with E-state index in [1.165, 1.54) is 13.2 Å². The van der Waals surface area contributed by atoms with Crippen LogP contribution in [-0.2, 0) is 20.9 Å². The van der Waals surface area contributed by atoms with Crippen LogP contribution in [0.1, 0.15) is 35.3 Å². The predicted molar refractivity (Wildman–Crippen MR) is 105 cm³/mol. The maximum Gasteiger partial charge on any atom is 0.338 e. The number of fused-ring (bicyclic) bond motifs is 1. The summed E-state index contributed by atoms with van der Waals surface area (Å²) in [4.78, 5) is 23.9. The van der Waals surface area contributed by atoms with Gasteiger partial charge in [-0.3, -0.25) is 4.79 Å². The summed E-state index contributed by atoms with van der Waals surface area (Å²) in [5, 5.41) is 0. The van der Waals surface area contributed by atoms with E-state index in [-0.39, 0.29) is 30.5 Å². The SMILES string of the molecule is [2H]C([2H])Oc1ccc(-c2ccc3c(c2)COC3=O)c(OCC(C)(C)C(=O)OC)c1OC([2H])[2H]. The highest BCUT2D eigenvalue weighted by molar-refractivity contribution is 5.94. The highest BCUT2D eigenvalue weighted by Gasteiger charge is 2.31. The number of methoxy groups -OCH3 is 3. The topological polar surface area (TPSA) is 80.3 Å². The number of hydrogen-bond acceptors (Lipinski definition) is 7. The van der Waals surface area contributed by atoms with Crippen molar-refractivity contribution < 1.29 is 38.8 Å². The van der Waals surface area contributed by atoms with E-state index in [0.29, 0.717) is 22.3 Å². The summed E-state index contributed by atoms with van der Waals surface area (Å²) in [5.74, 6) is -1.09. The van der Waals surface area contributed by atoms with Gasteiger partial charge in [-0.15, -0.1) is 0 Å². The van der Waals surface area contributed by atoms with Crippen LogP contribution in [0.3, 0.4) is 0 Å². The Labute approximate surface area is 175 Å². The maximum absolute atomic E-state index is 12.1. The summed E-state index contributed by atoms with van der Waals surface area (Å²) >= 11 is 0. The average molecular weight is 404 g/mol. The van der Waals surface area contributed by atoms with Gasteiger partial charge >= 0.3 is 11.9 Å². The fourth-order valence-electron chi connectivity index (χ4n) is 3.01. The molecule has 0 fully saturated rings. The van der Waals surface area contributed by atoms with Crippen molar-refractivity contribution in [1.29, 1.82) is 0 Å². The predicted octanol–water partition coefficient (Wildman–Crippen LogP) is 3.62. The first-order chi connectivity index (χ1) is 15.5. The Morgan fingerprint density at radius 1 is 1.14 bits per heavy atom. The van der Waals surface area contributed by atoms with Crippen LogP contribution in [0, 0.1) is 5.41 Å². The van der Waals surface area contributed by atoms with Gasteiger partial charge in [-0.25, -0.2) is 4.79 Å². The molecule has 0 amide bonds. The molecule has 2 aromatic rings. The Morgan fingerprint density at radius 3 is 2.62 bits per heavy atom. The molecule has 7 nitrogen and oxygen atoms in total. The lowest BCUT2D eigenvalue weighted by Crippen LogP contribution is -2.32. The van der Waals surface area contributed by atoms with Crippen LogP contribution < -0.4 is 14.2 Å². The Hall–Kier alpha value is -3.22. The lowest BCUT2D eigenvalue weighted by atomic mass is 9.95. The molecule has 0 atom stereocenters. The van der Waals surface area contributed by atoms with Crippen molar-refractivity contribution in [2.45, 2.75) is 20.5 Å². The Bertz CT molecular complexity index is 1050. The normalized spacial score (nSPS) is 15.0. The molecule has 0 N–H and O–H groups in total. The van der Waals surface area contributed by atoms with Crippen molar-refractivity contribution in [3.05, 3.63) is 41.5 Å². The van der Waals surface area contributed by atoms with Crippen molar-refractivity contribution in [3.8, 4) is 28.4 Å². The standard InChI is InChI=1S/C22H24O7/c1-22(2,21(24)27-5)12-29-18-15(8-9-17(25-3)19(18)26-4)13-6-7-16-14(10-13)11-28-20(16)23/h6-10H,11-12H2,1-5H3/i3D2,4D2. The van der Waals surface area contributed by atoms with E-state index in [0.717, 1.165) is 0 Å². The highest BCUT2D eigenvalue weighted by Crippen LogP contribution is 2.45. The summed E-state index contributed by atoms with van der Waals surface area (Å²) in [6.45, 7) is 3.22. The number of esters is 2. The van der Waals surface area contributed by atoms with E-state index in [2.05, 4.69) is 0 Å². The molecule has 2 aromatic carbocycles. The largest absolute Gasteiger partial charge is 0.493 e. The smallest absolute Gasteiger partial charge is 0.338 e. The van der Waals surface area contributed by atoms with Crippen molar-refractivity contribution in [2.24, 2.45) is 5.41 Å². The van der Waals surface area contributed by atoms with Gasteiger partial charge < -0.3 is 23.7 Å². The molecule has 0 spiro atoms. The molecule has 0 unspecified atom stereocenters. The summed E-state index contributed by atoms with van der Waals surface area (Å²) < 4.78 is 56.3. The van der Waals surface area contributed by atoms with Gasteiger partial charge in [0.2, 0.25) is 5.75 Å². The number of benzene rings is 2. The third-order valence-corrected chi connectivity index (χ3v) is 4.63.